The Bertz CT molecular complexity index is 493. The van der Waals surface area contributed by atoms with Gasteiger partial charge in [0.05, 0.1) is 6.04 Å². The molecule has 2 heterocycles. The van der Waals surface area contributed by atoms with E-state index in [1.807, 2.05) is 10.7 Å². The molecule has 0 radical (unpaired) electrons. The van der Waals surface area contributed by atoms with Gasteiger partial charge in [-0.15, -0.1) is 0 Å². The molecule has 6 nitrogen and oxygen atoms in total. The van der Waals surface area contributed by atoms with E-state index in [1.165, 1.54) is 0 Å². The van der Waals surface area contributed by atoms with Gasteiger partial charge in [-0.2, -0.15) is 5.10 Å². The van der Waals surface area contributed by atoms with Crippen LogP contribution in [0.15, 0.2) is 24.8 Å². The van der Waals surface area contributed by atoms with Crippen LogP contribution in [-0.4, -0.2) is 31.3 Å². The van der Waals surface area contributed by atoms with E-state index < -0.39 is 0 Å². The molecule has 1 N–H and O–H groups in total. The Balaban J connectivity index is 2.19. The lowest BCUT2D eigenvalue weighted by Crippen LogP contribution is -2.26. The number of hydrogen-bond acceptors (Lipinski definition) is 5. The molecule has 0 aliphatic rings. The highest BCUT2D eigenvalue weighted by Gasteiger charge is 2.18. The molecule has 2 aromatic heterocycles. The van der Waals surface area contributed by atoms with E-state index in [-0.39, 0.29) is 6.04 Å². The fourth-order valence-corrected chi connectivity index (χ4v) is 2.03. The van der Waals surface area contributed by atoms with Crippen LogP contribution in [0.4, 0.5) is 0 Å². The summed E-state index contributed by atoms with van der Waals surface area (Å²) in [5.74, 6) is 1.75. The van der Waals surface area contributed by atoms with E-state index in [1.54, 1.807) is 18.7 Å². The Morgan fingerprint density at radius 2 is 1.95 bits per heavy atom. The van der Waals surface area contributed by atoms with Crippen LogP contribution in [0.3, 0.4) is 0 Å². The first-order chi connectivity index (χ1) is 9.22. The van der Waals surface area contributed by atoms with Gasteiger partial charge in [0, 0.05) is 24.9 Å². The van der Waals surface area contributed by atoms with Crippen molar-refractivity contribution in [1.82, 2.24) is 30.0 Å². The molecule has 102 valence electrons. The Hall–Kier alpha value is -1.82. The predicted molar refractivity (Wildman–Crippen MR) is 72.6 cm³/mol. The highest BCUT2D eigenvalue weighted by Crippen LogP contribution is 2.15. The monoisotopic (exact) mass is 260 g/mol. The van der Waals surface area contributed by atoms with Crippen molar-refractivity contribution in [1.29, 1.82) is 0 Å². The average molecular weight is 260 g/mol. The van der Waals surface area contributed by atoms with Gasteiger partial charge in [0.1, 0.15) is 18.0 Å². The van der Waals surface area contributed by atoms with E-state index in [9.17, 15) is 0 Å². The number of likely N-dealkylation sites (N-methyl/N-ethyl adjacent to an activating group) is 1. The van der Waals surface area contributed by atoms with Crippen molar-refractivity contribution in [3.05, 3.63) is 36.4 Å². The summed E-state index contributed by atoms with van der Waals surface area (Å²) < 4.78 is 1.94. The van der Waals surface area contributed by atoms with Gasteiger partial charge in [-0.25, -0.2) is 19.6 Å². The number of aromatic nitrogens is 5. The number of rotatable bonds is 6. The minimum atomic E-state index is 0.0629. The molecule has 0 saturated heterocycles. The number of nitrogens with zero attached hydrogens (tertiary/aromatic N) is 5. The fraction of sp³-hybridized carbons (Fsp3) is 0.538. The number of hydrogen-bond donors (Lipinski definition) is 1. The van der Waals surface area contributed by atoms with Crippen molar-refractivity contribution in [2.45, 2.75) is 39.3 Å². The van der Waals surface area contributed by atoms with Crippen LogP contribution in [0.5, 0.6) is 0 Å². The second-order valence-corrected chi connectivity index (χ2v) is 4.64. The van der Waals surface area contributed by atoms with Gasteiger partial charge in [-0.1, -0.05) is 6.92 Å². The van der Waals surface area contributed by atoms with E-state index in [0.717, 1.165) is 24.6 Å². The Morgan fingerprint density at radius 1 is 1.21 bits per heavy atom. The van der Waals surface area contributed by atoms with E-state index >= 15 is 0 Å². The van der Waals surface area contributed by atoms with Gasteiger partial charge in [0.15, 0.2) is 0 Å². The zero-order chi connectivity index (χ0) is 13.7. The van der Waals surface area contributed by atoms with Crippen molar-refractivity contribution >= 4 is 0 Å². The van der Waals surface area contributed by atoms with Gasteiger partial charge in [0.25, 0.3) is 0 Å². The van der Waals surface area contributed by atoms with Crippen LogP contribution >= 0.6 is 0 Å². The zero-order valence-corrected chi connectivity index (χ0v) is 11.6. The maximum Gasteiger partial charge on any atom is 0.145 e. The molecular weight excluding hydrogens is 240 g/mol. The SMILES string of the molecule is CCNC(Cc1ncnn1C(C)C)c1ncccn1. The minimum absolute atomic E-state index is 0.0629. The van der Waals surface area contributed by atoms with Crippen LogP contribution in [-0.2, 0) is 6.42 Å². The van der Waals surface area contributed by atoms with Gasteiger partial charge in [0.2, 0.25) is 0 Å². The second kappa shape index (κ2) is 6.38. The van der Waals surface area contributed by atoms with Gasteiger partial charge in [-0.3, -0.25) is 0 Å². The van der Waals surface area contributed by atoms with E-state index in [4.69, 9.17) is 0 Å². The highest BCUT2D eigenvalue weighted by molar-refractivity contribution is 5.01. The molecule has 19 heavy (non-hydrogen) atoms. The molecule has 2 aromatic rings. The van der Waals surface area contributed by atoms with Crippen molar-refractivity contribution in [3.8, 4) is 0 Å². The predicted octanol–water partition coefficient (Wildman–Crippen LogP) is 1.54. The van der Waals surface area contributed by atoms with Crippen molar-refractivity contribution in [2.75, 3.05) is 6.54 Å². The maximum absolute atomic E-state index is 4.34. The first kappa shape index (κ1) is 13.6. The molecule has 0 spiro atoms. The summed E-state index contributed by atoms with van der Waals surface area (Å²) in [6.07, 6.45) is 5.86. The zero-order valence-electron chi connectivity index (χ0n) is 11.6. The molecule has 0 aliphatic heterocycles. The largest absolute Gasteiger partial charge is 0.307 e. The molecule has 1 atom stereocenters. The van der Waals surface area contributed by atoms with E-state index in [0.29, 0.717) is 6.04 Å². The summed E-state index contributed by atoms with van der Waals surface area (Å²) in [4.78, 5) is 13.0. The molecule has 1 unspecified atom stereocenters. The smallest absolute Gasteiger partial charge is 0.145 e. The maximum atomic E-state index is 4.34. The normalized spacial score (nSPS) is 12.8. The Kier molecular flexibility index (Phi) is 4.57. The van der Waals surface area contributed by atoms with Gasteiger partial charge >= 0.3 is 0 Å². The summed E-state index contributed by atoms with van der Waals surface area (Å²) in [6, 6.07) is 2.19. The third kappa shape index (κ3) is 3.35. The molecule has 0 fully saturated rings. The summed E-state index contributed by atoms with van der Waals surface area (Å²) in [5, 5.41) is 7.66. The minimum Gasteiger partial charge on any atom is -0.307 e. The third-order valence-corrected chi connectivity index (χ3v) is 2.87. The standard InChI is InChI=1S/C13H20N6/c1-4-14-11(13-15-6-5-7-16-13)8-12-17-9-18-19(12)10(2)3/h5-7,9-11,14H,4,8H2,1-3H3. The lowest BCUT2D eigenvalue weighted by Gasteiger charge is -2.17. The topological polar surface area (TPSA) is 68.5 Å². The van der Waals surface area contributed by atoms with Crippen molar-refractivity contribution in [2.24, 2.45) is 0 Å². The average Bonchev–Trinajstić information content (AvgIpc) is 2.88. The Labute approximate surface area is 113 Å². The molecular formula is C13H20N6. The second-order valence-electron chi connectivity index (χ2n) is 4.64. The first-order valence-corrected chi connectivity index (χ1v) is 6.61. The quantitative estimate of drug-likeness (QED) is 0.853. The van der Waals surface area contributed by atoms with Crippen LogP contribution in [0, 0.1) is 0 Å². The third-order valence-electron chi connectivity index (χ3n) is 2.87. The summed E-state index contributed by atoms with van der Waals surface area (Å²) in [6.45, 7) is 7.13. The van der Waals surface area contributed by atoms with Gasteiger partial charge < -0.3 is 5.32 Å². The summed E-state index contributed by atoms with van der Waals surface area (Å²) in [7, 11) is 0. The molecule has 0 saturated carbocycles. The molecule has 0 aliphatic carbocycles. The lowest BCUT2D eigenvalue weighted by atomic mass is 10.1. The first-order valence-electron chi connectivity index (χ1n) is 6.61. The summed E-state index contributed by atoms with van der Waals surface area (Å²) in [5.41, 5.74) is 0. The van der Waals surface area contributed by atoms with Crippen LogP contribution in [0.1, 0.15) is 44.5 Å². The van der Waals surface area contributed by atoms with Crippen molar-refractivity contribution in [3.63, 3.8) is 0 Å². The fourth-order valence-electron chi connectivity index (χ4n) is 2.03. The van der Waals surface area contributed by atoms with Crippen LogP contribution < -0.4 is 5.32 Å². The molecule has 0 aromatic carbocycles. The molecule has 6 heteroatoms. The van der Waals surface area contributed by atoms with Gasteiger partial charge in [-0.05, 0) is 26.5 Å². The molecule has 0 amide bonds. The summed E-state index contributed by atoms with van der Waals surface area (Å²) >= 11 is 0. The van der Waals surface area contributed by atoms with Crippen LogP contribution in [0.25, 0.3) is 0 Å². The molecule has 2 rings (SSSR count). The van der Waals surface area contributed by atoms with Crippen molar-refractivity contribution < 1.29 is 0 Å². The van der Waals surface area contributed by atoms with Crippen LogP contribution in [0.2, 0.25) is 0 Å². The number of nitrogens with one attached hydrogen (secondary N) is 1. The highest BCUT2D eigenvalue weighted by atomic mass is 15.3. The Morgan fingerprint density at radius 3 is 2.58 bits per heavy atom. The lowest BCUT2D eigenvalue weighted by molar-refractivity contribution is 0.458. The van der Waals surface area contributed by atoms with E-state index in [2.05, 4.69) is 46.1 Å². The molecule has 0 bridgehead atoms.